The van der Waals surface area contributed by atoms with Gasteiger partial charge in [0, 0.05) is 26.2 Å². The fraction of sp³-hybridized carbons (Fsp3) is 0.471. The molecule has 3 amide bonds. The molecule has 13 nitrogen and oxygen atoms in total. The van der Waals surface area contributed by atoms with E-state index in [0.29, 0.717) is 30.4 Å². The van der Waals surface area contributed by atoms with Crippen molar-refractivity contribution in [3.63, 3.8) is 0 Å². The number of benzene rings is 2. The molecule has 2 aromatic rings. The third-order valence-corrected chi connectivity index (χ3v) is 8.23. The number of guanidine groups is 1. The van der Waals surface area contributed by atoms with Crippen molar-refractivity contribution in [2.75, 3.05) is 20.6 Å². The Balaban J connectivity index is 1.82. The van der Waals surface area contributed by atoms with E-state index in [0.717, 1.165) is 24.8 Å². The third kappa shape index (κ3) is 11.7. The normalized spacial score (nSPS) is 14.9. The summed E-state index contributed by atoms with van der Waals surface area (Å²) in [7, 11) is 3.14. The van der Waals surface area contributed by atoms with E-state index < -0.39 is 41.7 Å². The Bertz CT molecular complexity index is 1390. The Kier molecular flexibility index (Phi) is 14.2. The predicted octanol–water partition coefficient (Wildman–Crippen LogP) is 1.56. The summed E-state index contributed by atoms with van der Waals surface area (Å²) >= 11 is 0. The van der Waals surface area contributed by atoms with Crippen LogP contribution in [0.15, 0.2) is 59.6 Å². The Morgan fingerprint density at radius 2 is 1.57 bits per heavy atom. The second kappa shape index (κ2) is 18.3. The zero-order valence-corrected chi connectivity index (χ0v) is 27.2. The van der Waals surface area contributed by atoms with Crippen molar-refractivity contribution in [2.45, 2.75) is 70.1 Å². The summed E-state index contributed by atoms with van der Waals surface area (Å²) in [5, 5.41) is 13.4. The number of aliphatic imine (C=N–C) groups is 1. The molecule has 0 aromatic heterocycles. The second-order valence-corrected chi connectivity index (χ2v) is 12.1. The minimum Gasteiger partial charge on any atom is -0.459 e. The summed E-state index contributed by atoms with van der Waals surface area (Å²) in [5.41, 5.74) is 18.5. The number of ether oxygens (including phenoxy) is 1. The van der Waals surface area contributed by atoms with Crippen molar-refractivity contribution >= 4 is 35.5 Å². The van der Waals surface area contributed by atoms with Gasteiger partial charge in [-0.25, -0.2) is 4.79 Å². The summed E-state index contributed by atoms with van der Waals surface area (Å²) in [5.74, 6) is -3.59. The Hall–Kier alpha value is -4.94. The van der Waals surface area contributed by atoms with Crippen LogP contribution >= 0.6 is 0 Å². The molecule has 1 fully saturated rings. The van der Waals surface area contributed by atoms with Crippen molar-refractivity contribution in [3.8, 4) is 0 Å². The zero-order chi connectivity index (χ0) is 34.3. The number of esters is 1. The number of hydrogen-bond acceptors (Lipinski definition) is 7. The van der Waals surface area contributed by atoms with Gasteiger partial charge in [0.2, 0.25) is 17.7 Å². The van der Waals surface area contributed by atoms with Crippen molar-refractivity contribution in [2.24, 2.45) is 34.0 Å². The summed E-state index contributed by atoms with van der Waals surface area (Å²) in [6, 6.07) is 14.0. The molecule has 9 N–H and O–H groups in total. The average Bonchev–Trinajstić information content (AvgIpc) is 3.06. The largest absolute Gasteiger partial charge is 0.459 e. The highest BCUT2D eigenvalue weighted by molar-refractivity contribution is 6.02. The number of carbonyl (C=O) groups is 4. The van der Waals surface area contributed by atoms with Gasteiger partial charge in [0.25, 0.3) is 0 Å². The smallest absolute Gasteiger partial charge is 0.328 e. The average molecular weight is 649 g/mol. The molecule has 254 valence electrons. The number of amides is 3. The quantitative estimate of drug-likeness (QED) is 0.0514. The molecule has 2 aromatic carbocycles. The van der Waals surface area contributed by atoms with Crippen LogP contribution in [0.25, 0.3) is 0 Å². The van der Waals surface area contributed by atoms with Crippen LogP contribution in [-0.4, -0.2) is 73.1 Å². The van der Waals surface area contributed by atoms with E-state index in [9.17, 15) is 19.2 Å². The number of nitrogens with zero attached hydrogens (tertiary/aromatic N) is 2. The van der Waals surface area contributed by atoms with Gasteiger partial charge in [-0.1, -0.05) is 73.9 Å². The fourth-order valence-corrected chi connectivity index (χ4v) is 5.62. The molecule has 1 aliphatic carbocycles. The van der Waals surface area contributed by atoms with E-state index in [1.54, 1.807) is 38.4 Å². The number of hydrogen-bond donors (Lipinski definition) is 6. The van der Waals surface area contributed by atoms with Gasteiger partial charge in [-0.3, -0.25) is 24.8 Å². The maximum absolute atomic E-state index is 14.0. The van der Waals surface area contributed by atoms with E-state index in [1.165, 1.54) is 4.90 Å². The first-order valence-corrected chi connectivity index (χ1v) is 16.0. The van der Waals surface area contributed by atoms with Gasteiger partial charge in [0.1, 0.15) is 30.4 Å². The van der Waals surface area contributed by atoms with Crippen LogP contribution in [0, 0.1) is 17.2 Å². The summed E-state index contributed by atoms with van der Waals surface area (Å²) < 4.78 is 5.56. The van der Waals surface area contributed by atoms with Crippen molar-refractivity contribution in [1.29, 1.82) is 5.41 Å². The Morgan fingerprint density at radius 1 is 0.915 bits per heavy atom. The van der Waals surface area contributed by atoms with Crippen LogP contribution in [0.3, 0.4) is 0 Å². The van der Waals surface area contributed by atoms with Crippen molar-refractivity contribution < 1.29 is 23.9 Å². The number of amidine groups is 1. The van der Waals surface area contributed by atoms with E-state index in [4.69, 9.17) is 27.3 Å². The summed E-state index contributed by atoms with van der Waals surface area (Å²) in [4.78, 5) is 59.7. The van der Waals surface area contributed by atoms with Gasteiger partial charge in [0.05, 0.1) is 0 Å². The van der Waals surface area contributed by atoms with Crippen molar-refractivity contribution in [1.82, 2.24) is 15.5 Å². The van der Waals surface area contributed by atoms with E-state index in [1.807, 2.05) is 30.3 Å². The topological polar surface area (TPSA) is 219 Å². The maximum atomic E-state index is 14.0. The molecule has 47 heavy (non-hydrogen) atoms. The molecule has 13 heteroatoms. The highest BCUT2D eigenvalue weighted by Gasteiger charge is 2.37. The molecule has 0 heterocycles. The first-order chi connectivity index (χ1) is 22.5. The lowest BCUT2D eigenvalue weighted by Gasteiger charge is -2.32. The monoisotopic (exact) mass is 648 g/mol. The molecular weight excluding hydrogens is 600 g/mol. The maximum Gasteiger partial charge on any atom is 0.328 e. The van der Waals surface area contributed by atoms with Crippen LogP contribution in [0.1, 0.15) is 61.6 Å². The summed E-state index contributed by atoms with van der Waals surface area (Å²) in [6.07, 6.45) is 4.93. The summed E-state index contributed by atoms with van der Waals surface area (Å²) in [6.45, 7) is 0.287. The number of nitrogens with two attached hydrogens (primary N) is 3. The minimum absolute atomic E-state index is 0.0322. The van der Waals surface area contributed by atoms with Gasteiger partial charge in [-0.2, -0.15) is 0 Å². The molecular formula is C34H48N8O5. The lowest BCUT2D eigenvalue weighted by molar-refractivity contribution is -0.149. The molecule has 1 saturated carbocycles. The number of nitrogen functional groups attached to an aromatic ring is 1. The van der Waals surface area contributed by atoms with Gasteiger partial charge < -0.3 is 37.5 Å². The van der Waals surface area contributed by atoms with Gasteiger partial charge in [-0.05, 0) is 49.1 Å². The van der Waals surface area contributed by atoms with Crippen molar-refractivity contribution in [3.05, 3.63) is 71.3 Å². The van der Waals surface area contributed by atoms with E-state index in [2.05, 4.69) is 15.6 Å². The second-order valence-electron chi connectivity index (χ2n) is 12.1. The lowest BCUT2D eigenvalue weighted by atomic mass is 9.83. The fourth-order valence-electron chi connectivity index (χ4n) is 5.62. The molecule has 1 aliphatic rings. The van der Waals surface area contributed by atoms with Gasteiger partial charge >= 0.3 is 5.97 Å². The van der Waals surface area contributed by atoms with E-state index >= 15 is 0 Å². The first-order valence-electron chi connectivity index (χ1n) is 16.0. The Morgan fingerprint density at radius 3 is 2.17 bits per heavy atom. The molecule has 3 atom stereocenters. The molecule has 0 radical (unpaired) electrons. The molecule has 1 unspecified atom stereocenters. The molecule has 0 saturated heterocycles. The van der Waals surface area contributed by atoms with Crippen LogP contribution in [0.2, 0.25) is 0 Å². The molecule has 0 bridgehead atoms. The predicted molar refractivity (Wildman–Crippen MR) is 180 cm³/mol. The molecule has 0 spiro atoms. The molecule has 0 aliphatic heterocycles. The van der Waals surface area contributed by atoms with Crippen LogP contribution < -0.4 is 27.8 Å². The number of rotatable bonds is 16. The van der Waals surface area contributed by atoms with E-state index in [-0.39, 0.29) is 43.7 Å². The van der Waals surface area contributed by atoms with Crippen LogP contribution in [0.5, 0.6) is 0 Å². The minimum atomic E-state index is -1.11. The van der Waals surface area contributed by atoms with Gasteiger partial charge in [0.15, 0.2) is 5.96 Å². The standard InChI is InChI=1S/C34H48N8O5/c1-42(2)32(45)26(20-22-15-17-25(18-16-22)29(35)36)30(43)41-28(24-12-7-4-8-13-24)31(44)40-27(14-9-19-39-34(37)38)33(46)47-21-23-10-5-3-6-11-23/h3,5-6,10-11,15-18,24,26-28H,4,7-9,12-14,19-21H2,1-2H3,(H3,35,36)(H,40,44)(H,41,43)(H4,37,38,39)/t26?,27-,28-/m0/s1. The first kappa shape index (κ1) is 36.5. The SMILES string of the molecule is CN(C)C(=O)C(Cc1ccc(C(=N)N)cc1)C(=O)N[C@H](C(=O)N[C@@H](CCCN=C(N)N)C(=O)OCc1ccccc1)C1CCCCC1. The third-order valence-electron chi connectivity index (χ3n) is 8.23. The zero-order valence-electron chi connectivity index (χ0n) is 27.2. The lowest BCUT2D eigenvalue weighted by Crippen LogP contribution is -2.57. The number of nitrogens with one attached hydrogen (secondary N) is 3. The van der Waals surface area contributed by atoms with Gasteiger partial charge in [-0.15, -0.1) is 0 Å². The van der Waals surface area contributed by atoms with Crippen LogP contribution in [-0.2, 0) is 36.9 Å². The van der Waals surface area contributed by atoms with Crippen LogP contribution in [0.4, 0.5) is 0 Å². The number of carbonyl (C=O) groups excluding carboxylic acids is 4. The Labute approximate surface area is 276 Å². The molecule has 3 rings (SSSR count). The highest BCUT2D eigenvalue weighted by Crippen LogP contribution is 2.27. The highest BCUT2D eigenvalue weighted by atomic mass is 16.5.